The van der Waals surface area contributed by atoms with E-state index >= 15 is 0 Å². The molecule has 2 atom stereocenters. The first-order chi connectivity index (χ1) is 9.60. The van der Waals surface area contributed by atoms with E-state index in [1.54, 1.807) is 13.2 Å². The van der Waals surface area contributed by atoms with Crippen molar-refractivity contribution in [1.29, 1.82) is 0 Å². The van der Waals surface area contributed by atoms with Crippen molar-refractivity contribution in [3.05, 3.63) is 29.1 Å². The number of ether oxygens (including phenoxy) is 1. The largest absolute Gasteiger partial charge is 0.496 e. The first-order valence-corrected chi connectivity index (χ1v) is 8.35. The van der Waals surface area contributed by atoms with Crippen LogP contribution in [0.25, 0.3) is 0 Å². The summed E-state index contributed by atoms with van der Waals surface area (Å²) in [6.07, 6.45) is 1.05. The van der Waals surface area contributed by atoms with Gasteiger partial charge in [0.05, 0.1) is 7.11 Å². The Labute approximate surface area is 125 Å². The molecule has 4 heteroatoms. The molecule has 0 aromatic heterocycles. The molecule has 0 radical (unpaired) electrons. The molecule has 2 rings (SSSR count). The van der Waals surface area contributed by atoms with Crippen molar-refractivity contribution in [1.82, 2.24) is 5.32 Å². The number of methoxy groups -OCH3 is 1. The van der Waals surface area contributed by atoms with Crippen LogP contribution in [0.15, 0.2) is 12.1 Å². The summed E-state index contributed by atoms with van der Waals surface area (Å²) in [4.78, 5) is 0. The van der Waals surface area contributed by atoms with Crippen LogP contribution in [0.1, 0.15) is 44.4 Å². The zero-order chi connectivity index (χ0) is 14.7. The molecule has 1 aliphatic rings. The molecule has 0 bridgehead atoms. The lowest BCUT2D eigenvalue weighted by atomic mass is 9.91. The van der Waals surface area contributed by atoms with E-state index in [4.69, 9.17) is 4.74 Å². The molecule has 112 valence electrons. The Bertz CT molecular complexity index is 464. The van der Waals surface area contributed by atoms with E-state index in [0.717, 1.165) is 35.6 Å². The number of fused-ring (bicyclic) bond motifs is 1. The first-order valence-electron chi connectivity index (χ1n) is 7.30. The number of rotatable bonds is 5. The first kappa shape index (κ1) is 15.6. The quantitative estimate of drug-likeness (QED) is 0.882. The van der Waals surface area contributed by atoms with Crippen molar-refractivity contribution in [2.45, 2.75) is 44.2 Å². The number of benzene rings is 1. The summed E-state index contributed by atoms with van der Waals surface area (Å²) in [5.74, 6) is 2.02. The molecule has 1 aliphatic heterocycles. The van der Waals surface area contributed by atoms with Crippen molar-refractivity contribution < 1.29 is 9.13 Å². The van der Waals surface area contributed by atoms with E-state index in [-0.39, 0.29) is 11.9 Å². The van der Waals surface area contributed by atoms with Gasteiger partial charge in [0.1, 0.15) is 11.6 Å². The highest BCUT2D eigenvalue weighted by atomic mass is 32.2. The maximum Gasteiger partial charge on any atom is 0.128 e. The highest BCUT2D eigenvalue weighted by molar-refractivity contribution is 7.99. The van der Waals surface area contributed by atoms with E-state index in [2.05, 4.69) is 26.1 Å². The van der Waals surface area contributed by atoms with Crippen LogP contribution >= 0.6 is 11.8 Å². The van der Waals surface area contributed by atoms with E-state index in [0.29, 0.717) is 11.2 Å². The summed E-state index contributed by atoms with van der Waals surface area (Å²) >= 11 is 1.90. The van der Waals surface area contributed by atoms with Gasteiger partial charge >= 0.3 is 0 Å². The predicted molar refractivity (Wildman–Crippen MR) is 83.9 cm³/mol. The third kappa shape index (κ3) is 2.96. The van der Waals surface area contributed by atoms with Crippen LogP contribution in [0.5, 0.6) is 5.75 Å². The molecule has 0 amide bonds. The van der Waals surface area contributed by atoms with E-state index in [1.165, 1.54) is 6.07 Å². The molecule has 2 nitrogen and oxygen atoms in total. The fourth-order valence-corrected chi connectivity index (χ4v) is 4.29. The number of hydrogen-bond donors (Lipinski definition) is 1. The van der Waals surface area contributed by atoms with E-state index in [9.17, 15) is 4.39 Å². The minimum absolute atomic E-state index is 0.0683. The van der Waals surface area contributed by atoms with Crippen molar-refractivity contribution in [3.8, 4) is 5.75 Å². The summed E-state index contributed by atoms with van der Waals surface area (Å²) in [5.41, 5.74) is 1.83. The normalized spacial score (nSPS) is 21.9. The Morgan fingerprint density at radius 1 is 1.45 bits per heavy atom. The third-order valence-electron chi connectivity index (χ3n) is 3.81. The van der Waals surface area contributed by atoms with Gasteiger partial charge in [-0.1, -0.05) is 20.8 Å². The van der Waals surface area contributed by atoms with E-state index in [1.807, 2.05) is 11.8 Å². The molecule has 1 heterocycles. The van der Waals surface area contributed by atoms with E-state index < -0.39 is 0 Å². The molecule has 0 saturated heterocycles. The zero-order valence-corrected chi connectivity index (χ0v) is 13.5. The van der Waals surface area contributed by atoms with Gasteiger partial charge in [-0.05, 0) is 31.0 Å². The predicted octanol–water partition coefficient (Wildman–Crippen LogP) is 4.15. The summed E-state index contributed by atoms with van der Waals surface area (Å²) in [7, 11) is 1.65. The Kier molecular flexibility index (Phi) is 5.33. The molecule has 1 aromatic carbocycles. The second-order valence-electron chi connectivity index (χ2n) is 5.59. The van der Waals surface area contributed by atoms with Crippen LogP contribution in [0, 0.1) is 11.7 Å². The summed E-state index contributed by atoms with van der Waals surface area (Å²) in [5, 5.41) is 3.93. The highest BCUT2D eigenvalue weighted by Gasteiger charge is 2.35. The second-order valence-corrected chi connectivity index (χ2v) is 6.76. The molecule has 1 N–H and O–H groups in total. The zero-order valence-electron chi connectivity index (χ0n) is 12.7. The fourth-order valence-electron chi connectivity index (χ4n) is 2.83. The van der Waals surface area contributed by atoms with Crippen molar-refractivity contribution >= 4 is 11.8 Å². The van der Waals surface area contributed by atoms with Gasteiger partial charge in [0.15, 0.2) is 0 Å². The minimum Gasteiger partial charge on any atom is -0.496 e. The number of thioether (sulfide) groups is 1. The summed E-state index contributed by atoms with van der Waals surface area (Å²) < 4.78 is 19.8. The van der Waals surface area contributed by atoms with Gasteiger partial charge in [-0.25, -0.2) is 4.39 Å². The smallest absolute Gasteiger partial charge is 0.128 e. The van der Waals surface area contributed by atoms with Crippen LogP contribution in [0.4, 0.5) is 4.39 Å². The second kappa shape index (κ2) is 6.81. The van der Waals surface area contributed by atoms with Gasteiger partial charge < -0.3 is 10.1 Å². The monoisotopic (exact) mass is 297 g/mol. The fraction of sp³-hybridized carbons (Fsp3) is 0.625. The topological polar surface area (TPSA) is 21.3 Å². The average molecular weight is 297 g/mol. The van der Waals surface area contributed by atoms with Gasteiger partial charge in [0.25, 0.3) is 0 Å². The number of nitrogens with one attached hydrogen (secondary N) is 1. The molecule has 0 spiro atoms. The Morgan fingerprint density at radius 2 is 2.20 bits per heavy atom. The van der Waals surface area contributed by atoms with Gasteiger partial charge in [0, 0.05) is 28.2 Å². The van der Waals surface area contributed by atoms with Crippen LogP contribution in [-0.2, 0) is 5.75 Å². The Balaban J connectivity index is 2.44. The maximum atomic E-state index is 14.4. The minimum atomic E-state index is -0.111. The lowest BCUT2D eigenvalue weighted by Crippen LogP contribution is -2.37. The summed E-state index contributed by atoms with van der Waals surface area (Å²) in [6, 6.07) is 3.34. The summed E-state index contributed by atoms with van der Waals surface area (Å²) in [6.45, 7) is 7.46. The standard InChI is InChI=1S/C16H24FNOS/c1-5-8-18-15-14-11(9-20-16(15)10(2)3)13(19-4)7-6-12(14)17/h6-7,10,15-16,18H,5,8-9H2,1-4H3. The third-order valence-corrected chi connectivity index (χ3v) is 5.47. The van der Waals surface area contributed by atoms with Gasteiger partial charge in [-0.15, -0.1) is 0 Å². The van der Waals surface area contributed by atoms with Crippen LogP contribution in [0.2, 0.25) is 0 Å². The van der Waals surface area contributed by atoms with Gasteiger partial charge in [-0.3, -0.25) is 0 Å². The van der Waals surface area contributed by atoms with Gasteiger partial charge in [0.2, 0.25) is 0 Å². The maximum absolute atomic E-state index is 14.4. The van der Waals surface area contributed by atoms with Crippen LogP contribution in [0.3, 0.4) is 0 Å². The van der Waals surface area contributed by atoms with Crippen molar-refractivity contribution in [3.63, 3.8) is 0 Å². The molecular weight excluding hydrogens is 273 g/mol. The lowest BCUT2D eigenvalue weighted by Gasteiger charge is -2.37. The Hall–Kier alpha value is -0.740. The lowest BCUT2D eigenvalue weighted by molar-refractivity contribution is 0.394. The van der Waals surface area contributed by atoms with Crippen molar-refractivity contribution in [2.75, 3.05) is 13.7 Å². The molecule has 20 heavy (non-hydrogen) atoms. The molecule has 0 aliphatic carbocycles. The number of halogens is 1. The van der Waals surface area contributed by atoms with Crippen LogP contribution < -0.4 is 10.1 Å². The van der Waals surface area contributed by atoms with Crippen LogP contribution in [-0.4, -0.2) is 18.9 Å². The molecule has 1 aromatic rings. The average Bonchev–Trinajstić information content (AvgIpc) is 2.44. The highest BCUT2D eigenvalue weighted by Crippen LogP contribution is 2.45. The molecule has 2 unspecified atom stereocenters. The molecular formula is C16H24FNOS. The van der Waals surface area contributed by atoms with Gasteiger partial charge in [-0.2, -0.15) is 11.8 Å². The molecule has 0 saturated carbocycles. The Morgan fingerprint density at radius 3 is 2.80 bits per heavy atom. The SMILES string of the molecule is CCCNC1c2c(F)ccc(OC)c2CSC1C(C)C. The molecule has 0 fully saturated rings. The number of hydrogen-bond acceptors (Lipinski definition) is 3. The van der Waals surface area contributed by atoms with Crippen molar-refractivity contribution in [2.24, 2.45) is 5.92 Å².